The van der Waals surface area contributed by atoms with Crippen molar-refractivity contribution in [3.63, 3.8) is 0 Å². The second-order valence-electron chi connectivity index (χ2n) is 5.24. The fourth-order valence-corrected chi connectivity index (χ4v) is 2.82. The van der Waals surface area contributed by atoms with Crippen LogP contribution in [0.4, 0.5) is 11.6 Å². The van der Waals surface area contributed by atoms with Crippen molar-refractivity contribution in [1.82, 2.24) is 14.9 Å². The van der Waals surface area contributed by atoms with Gasteiger partial charge in [0.25, 0.3) is 0 Å². The van der Waals surface area contributed by atoms with Gasteiger partial charge >= 0.3 is 0 Å². The van der Waals surface area contributed by atoms with Crippen LogP contribution in [0.3, 0.4) is 0 Å². The van der Waals surface area contributed by atoms with E-state index in [1.165, 1.54) is 0 Å². The molecule has 0 radical (unpaired) electrons. The van der Waals surface area contributed by atoms with Crippen molar-refractivity contribution in [2.24, 2.45) is 0 Å². The molecule has 2 heterocycles. The quantitative estimate of drug-likeness (QED) is 0.898. The first-order valence-corrected chi connectivity index (χ1v) is 7.08. The molecular weight excluding hydrogens is 238 g/mol. The third-order valence-electron chi connectivity index (χ3n) is 3.94. The van der Waals surface area contributed by atoms with E-state index < -0.39 is 0 Å². The average molecular weight is 263 g/mol. The van der Waals surface area contributed by atoms with E-state index >= 15 is 0 Å². The van der Waals surface area contributed by atoms with Gasteiger partial charge in [0.2, 0.25) is 0 Å². The first-order chi connectivity index (χ1) is 9.06. The summed E-state index contributed by atoms with van der Waals surface area (Å²) in [4.78, 5) is 14.0. The van der Waals surface area contributed by atoms with Crippen molar-refractivity contribution in [3.8, 4) is 0 Å². The molecule has 1 N–H and O–H groups in total. The third-order valence-corrected chi connectivity index (χ3v) is 3.94. The van der Waals surface area contributed by atoms with Crippen molar-refractivity contribution in [3.05, 3.63) is 11.4 Å². The second-order valence-corrected chi connectivity index (χ2v) is 5.24. The molecule has 1 aliphatic rings. The summed E-state index contributed by atoms with van der Waals surface area (Å²) in [7, 11) is 1.91. The Morgan fingerprint density at radius 2 is 2.00 bits per heavy atom. The van der Waals surface area contributed by atoms with Crippen molar-refractivity contribution in [2.75, 3.05) is 43.4 Å². The highest BCUT2D eigenvalue weighted by atomic mass is 15.3. The normalized spacial score (nSPS) is 20.7. The zero-order valence-corrected chi connectivity index (χ0v) is 12.7. The number of anilines is 2. The maximum absolute atomic E-state index is 4.65. The Morgan fingerprint density at radius 1 is 1.26 bits per heavy atom. The molecule has 0 aromatic carbocycles. The van der Waals surface area contributed by atoms with Gasteiger partial charge in [-0.05, 0) is 27.3 Å². The number of aryl methyl sites for hydroxylation is 1. The molecule has 0 amide bonds. The van der Waals surface area contributed by atoms with Crippen LogP contribution in [-0.2, 0) is 0 Å². The van der Waals surface area contributed by atoms with Gasteiger partial charge in [0.1, 0.15) is 17.5 Å². The highest BCUT2D eigenvalue weighted by molar-refractivity contribution is 5.58. The Labute approximate surface area is 116 Å². The average Bonchev–Trinajstić information content (AvgIpc) is 2.40. The van der Waals surface area contributed by atoms with Gasteiger partial charge in [0, 0.05) is 38.3 Å². The molecular formula is C14H25N5. The van der Waals surface area contributed by atoms with Gasteiger partial charge < -0.3 is 10.2 Å². The Balaban J connectivity index is 2.25. The number of likely N-dealkylation sites (N-methyl/N-ethyl adjacent to an activating group) is 1. The molecule has 1 atom stereocenters. The number of rotatable bonds is 3. The van der Waals surface area contributed by atoms with Gasteiger partial charge in [0.05, 0.1) is 0 Å². The van der Waals surface area contributed by atoms with Crippen LogP contribution in [0.1, 0.15) is 25.2 Å². The van der Waals surface area contributed by atoms with E-state index in [0.717, 1.165) is 49.2 Å². The second kappa shape index (κ2) is 5.74. The van der Waals surface area contributed by atoms with Crippen LogP contribution in [0.25, 0.3) is 0 Å². The minimum absolute atomic E-state index is 0.575. The van der Waals surface area contributed by atoms with Crippen LogP contribution in [0.2, 0.25) is 0 Å². The van der Waals surface area contributed by atoms with E-state index in [-0.39, 0.29) is 0 Å². The molecule has 1 saturated heterocycles. The monoisotopic (exact) mass is 263 g/mol. The highest BCUT2D eigenvalue weighted by Gasteiger charge is 2.25. The largest absolute Gasteiger partial charge is 0.373 e. The number of hydrogen-bond acceptors (Lipinski definition) is 5. The van der Waals surface area contributed by atoms with Gasteiger partial charge in [-0.1, -0.05) is 6.92 Å². The zero-order chi connectivity index (χ0) is 14.0. The van der Waals surface area contributed by atoms with E-state index in [4.69, 9.17) is 0 Å². The predicted molar refractivity (Wildman–Crippen MR) is 80.0 cm³/mol. The van der Waals surface area contributed by atoms with Crippen molar-refractivity contribution in [1.29, 1.82) is 0 Å². The van der Waals surface area contributed by atoms with E-state index in [0.29, 0.717) is 6.04 Å². The van der Waals surface area contributed by atoms with E-state index in [2.05, 4.69) is 45.9 Å². The maximum Gasteiger partial charge on any atom is 0.137 e. The number of nitrogens with one attached hydrogen (secondary N) is 1. The molecule has 0 spiro atoms. The Bertz CT molecular complexity index is 446. The molecule has 5 heteroatoms. The minimum atomic E-state index is 0.575. The van der Waals surface area contributed by atoms with Crippen LogP contribution in [0.5, 0.6) is 0 Å². The summed E-state index contributed by atoms with van der Waals surface area (Å²) in [5.41, 5.74) is 1.14. The summed E-state index contributed by atoms with van der Waals surface area (Å²) >= 11 is 0. The third kappa shape index (κ3) is 2.81. The Hall–Kier alpha value is -1.36. The van der Waals surface area contributed by atoms with Gasteiger partial charge in [0.15, 0.2) is 0 Å². The van der Waals surface area contributed by atoms with Crippen LogP contribution in [-0.4, -0.2) is 54.1 Å². The fourth-order valence-electron chi connectivity index (χ4n) is 2.82. The minimum Gasteiger partial charge on any atom is -0.373 e. The molecule has 2 rings (SSSR count). The topological polar surface area (TPSA) is 44.3 Å². The summed E-state index contributed by atoms with van der Waals surface area (Å²) in [6.07, 6.45) is 0. The molecule has 0 bridgehead atoms. The lowest BCUT2D eigenvalue weighted by molar-refractivity contribution is 0.199. The lowest BCUT2D eigenvalue weighted by atomic mass is 10.1. The Morgan fingerprint density at radius 3 is 2.58 bits per heavy atom. The van der Waals surface area contributed by atoms with Crippen LogP contribution in [0, 0.1) is 13.8 Å². The molecule has 19 heavy (non-hydrogen) atoms. The molecule has 1 aromatic rings. The molecule has 1 unspecified atom stereocenters. The number of piperazine rings is 1. The maximum atomic E-state index is 4.65. The van der Waals surface area contributed by atoms with Gasteiger partial charge in [-0.25, -0.2) is 9.97 Å². The zero-order valence-electron chi connectivity index (χ0n) is 12.7. The summed E-state index contributed by atoms with van der Waals surface area (Å²) in [5, 5.41) is 3.16. The summed E-state index contributed by atoms with van der Waals surface area (Å²) in [6, 6.07) is 0.575. The van der Waals surface area contributed by atoms with Crippen LogP contribution in [0.15, 0.2) is 0 Å². The first kappa shape index (κ1) is 14.1. The lowest BCUT2D eigenvalue weighted by Crippen LogP contribution is -2.52. The first-order valence-electron chi connectivity index (χ1n) is 7.08. The smallest absolute Gasteiger partial charge is 0.137 e. The number of nitrogens with zero attached hydrogens (tertiary/aromatic N) is 4. The molecule has 5 nitrogen and oxygen atoms in total. The van der Waals surface area contributed by atoms with Crippen molar-refractivity contribution >= 4 is 11.6 Å². The van der Waals surface area contributed by atoms with E-state index in [9.17, 15) is 0 Å². The van der Waals surface area contributed by atoms with Gasteiger partial charge in [-0.15, -0.1) is 0 Å². The molecule has 0 aliphatic carbocycles. The molecule has 106 valence electrons. The summed E-state index contributed by atoms with van der Waals surface area (Å²) in [6.45, 7) is 12.9. The molecule has 1 fully saturated rings. The fraction of sp³-hybridized carbons (Fsp3) is 0.714. The standard InChI is InChI=1S/C14H25N5/c1-6-18-7-8-19(9-10(18)2)14-11(3)13(15-5)16-12(4)17-14/h10H,6-9H2,1-5H3,(H,15,16,17). The molecule has 0 saturated carbocycles. The van der Waals surface area contributed by atoms with Crippen LogP contribution < -0.4 is 10.2 Å². The van der Waals surface area contributed by atoms with Gasteiger partial charge in [-0.2, -0.15) is 0 Å². The number of hydrogen-bond donors (Lipinski definition) is 1. The highest BCUT2D eigenvalue weighted by Crippen LogP contribution is 2.25. The van der Waals surface area contributed by atoms with E-state index in [1.807, 2.05) is 14.0 Å². The SMILES string of the molecule is CCN1CCN(c2nc(C)nc(NC)c2C)CC1C. The molecule has 1 aromatic heterocycles. The number of aromatic nitrogens is 2. The summed E-state index contributed by atoms with van der Waals surface area (Å²) in [5.74, 6) is 2.85. The summed E-state index contributed by atoms with van der Waals surface area (Å²) < 4.78 is 0. The van der Waals surface area contributed by atoms with Crippen molar-refractivity contribution < 1.29 is 0 Å². The van der Waals surface area contributed by atoms with E-state index in [1.54, 1.807) is 0 Å². The lowest BCUT2D eigenvalue weighted by Gasteiger charge is -2.40. The van der Waals surface area contributed by atoms with Crippen LogP contribution >= 0.6 is 0 Å². The Kier molecular flexibility index (Phi) is 4.24. The predicted octanol–water partition coefficient (Wildman–Crippen LogP) is 1.67. The van der Waals surface area contributed by atoms with Gasteiger partial charge in [-0.3, -0.25) is 4.90 Å². The molecule has 1 aliphatic heterocycles. The van der Waals surface area contributed by atoms with Crippen molar-refractivity contribution in [2.45, 2.75) is 33.7 Å².